The van der Waals surface area contributed by atoms with Crippen molar-refractivity contribution in [3.8, 4) is 11.4 Å². The number of hydrogen-bond acceptors (Lipinski definition) is 4. The summed E-state index contributed by atoms with van der Waals surface area (Å²) in [5, 5.41) is 12.8. The third kappa shape index (κ3) is 2.39. The predicted octanol–water partition coefficient (Wildman–Crippen LogP) is 3.57. The number of benzene rings is 1. The molecule has 3 atom stereocenters. The van der Waals surface area contributed by atoms with Crippen LogP contribution in [0.5, 0.6) is 0 Å². The van der Waals surface area contributed by atoms with Gasteiger partial charge in [-0.25, -0.2) is 4.68 Å². The first-order chi connectivity index (χ1) is 10.1. The van der Waals surface area contributed by atoms with Crippen LogP contribution >= 0.6 is 11.6 Å². The Bertz CT molecular complexity index is 639. The Kier molecular flexibility index (Phi) is 3.85. The molecular formula is C15H20ClN5. The van der Waals surface area contributed by atoms with Crippen molar-refractivity contribution in [3.63, 3.8) is 0 Å². The van der Waals surface area contributed by atoms with Gasteiger partial charge >= 0.3 is 0 Å². The third-order valence-corrected chi connectivity index (χ3v) is 5.21. The fourth-order valence-corrected chi connectivity index (χ4v) is 3.67. The molecule has 2 N–H and O–H groups in total. The van der Waals surface area contributed by atoms with E-state index in [1.165, 1.54) is 12.8 Å². The molecule has 1 saturated carbocycles. The number of rotatable bonds is 3. The summed E-state index contributed by atoms with van der Waals surface area (Å²) in [5.74, 6) is 2.02. The molecule has 2 aromatic rings. The largest absolute Gasteiger partial charge is 0.398 e. The van der Waals surface area contributed by atoms with Crippen molar-refractivity contribution >= 4 is 17.3 Å². The molecule has 0 amide bonds. The number of tetrazole rings is 1. The molecule has 0 spiro atoms. The molecule has 1 aromatic carbocycles. The molecule has 5 nitrogen and oxygen atoms in total. The van der Waals surface area contributed by atoms with Crippen molar-refractivity contribution in [2.45, 2.75) is 39.2 Å². The Labute approximate surface area is 129 Å². The first-order valence-corrected chi connectivity index (χ1v) is 7.83. The maximum absolute atomic E-state index is 6.32. The first kappa shape index (κ1) is 14.3. The van der Waals surface area contributed by atoms with Crippen LogP contribution in [0.25, 0.3) is 11.4 Å². The van der Waals surface area contributed by atoms with E-state index < -0.39 is 0 Å². The quantitative estimate of drug-likeness (QED) is 0.880. The van der Waals surface area contributed by atoms with Crippen LogP contribution < -0.4 is 5.73 Å². The molecule has 1 fully saturated rings. The fraction of sp³-hybridized carbons (Fsp3) is 0.533. The Morgan fingerprint density at radius 2 is 2.19 bits per heavy atom. The molecule has 0 bridgehead atoms. The summed E-state index contributed by atoms with van der Waals surface area (Å²) in [6.45, 7) is 4.54. The second-order valence-electron chi connectivity index (χ2n) is 5.83. The number of hydrogen-bond donors (Lipinski definition) is 1. The molecule has 1 aliphatic carbocycles. The van der Waals surface area contributed by atoms with Gasteiger partial charge in [0.2, 0.25) is 0 Å². The van der Waals surface area contributed by atoms with Crippen LogP contribution in [-0.4, -0.2) is 20.2 Å². The smallest absolute Gasteiger partial charge is 0.183 e. The number of nitrogens with two attached hydrogens (primary N) is 1. The minimum absolute atomic E-state index is 0.331. The molecular weight excluding hydrogens is 286 g/mol. The Morgan fingerprint density at radius 3 is 2.90 bits per heavy atom. The lowest BCUT2D eigenvalue weighted by Crippen LogP contribution is -2.18. The molecule has 1 heterocycles. The maximum atomic E-state index is 6.32. The van der Waals surface area contributed by atoms with E-state index in [-0.39, 0.29) is 0 Å². The van der Waals surface area contributed by atoms with Crippen LogP contribution in [0.15, 0.2) is 18.2 Å². The van der Waals surface area contributed by atoms with Crippen LogP contribution in [0.3, 0.4) is 0 Å². The summed E-state index contributed by atoms with van der Waals surface area (Å²) in [6.07, 6.45) is 3.54. The molecule has 1 aromatic heterocycles. The standard InChI is InChI=1S/C15H20ClN5/c1-3-10-7-8-13(9(10)2)21-15(18-19-20-21)11-5-4-6-12(17)14(11)16/h4-6,9-10,13H,3,7-8,17H2,1-2H3. The van der Waals surface area contributed by atoms with Crippen molar-refractivity contribution < 1.29 is 0 Å². The molecule has 0 aliphatic heterocycles. The molecule has 21 heavy (non-hydrogen) atoms. The monoisotopic (exact) mass is 305 g/mol. The van der Waals surface area contributed by atoms with Crippen molar-refractivity contribution in [1.29, 1.82) is 0 Å². The van der Waals surface area contributed by atoms with Gasteiger partial charge in [0.25, 0.3) is 0 Å². The summed E-state index contributed by atoms with van der Waals surface area (Å²) >= 11 is 6.32. The number of halogens is 1. The molecule has 3 rings (SSSR count). The van der Waals surface area contributed by atoms with Crippen molar-refractivity contribution in [2.75, 3.05) is 5.73 Å². The van der Waals surface area contributed by atoms with Crippen LogP contribution in [-0.2, 0) is 0 Å². The van der Waals surface area contributed by atoms with E-state index in [1.54, 1.807) is 6.07 Å². The second-order valence-corrected chi connectivity index (χ2v) is 6.21. The Hall–Kier alpha value is -1.62. The van der Waals surface area contributed by atoms with E-state index in [4.69, 9.17) is 17.3 Å². The van der Waals surface area contributed by atoms with Crippen LogP contribution in [0, 0.1) is 11.8 Å². The highest BCUT2D eigenvalue weighted by atomic mass is 35.5. The number of anilines is 1. The summed E-state index contributed by atoms with van der Waals surface area (Å²) < 4.78 is 1.93. The molecule has 3 unspecified atom stereocenters. The van der Waals surface area contributed by atoms with Gasteiger partial charge in [0.1, 0.15) is 0 Å². The number of aromatic nitrogens is 4. The van der Waals surface area contributed by atoms with Gasteiger partial charge < -0.3 is 5.73 Å². The van der Waals surface area contributed by atoms with Crippen molar-refractivity contribution in [1.82, 2.24) is 20.2 Å². The summed E-state index contributed by atoms with van der Waals surface area (Å²) in [6, 6.07) is 5.91. The zero-order valence-electron chi connectivity index (χ0n) is 12.3. The number of nitrogens with zero attached hydrogens (tertiary/aromatic N) is 4. The average Bonchev–Trinajstić information content (AvgIpc) is 3.08. The van der Waals surface area contributed by atoms with E-state index in [9.17, 15) is 0 Å². The zero-order valence-corrected chi connectivity index (χ0v) is 13.1. The summed E-state index contributed by atoms with van der Waals surface area (Å²) in [7, 11) is 0. The van der Waals surface area contributed by atoms with Crippen LogP contribution in [0.2, 0.25) is 5.02 Å². The predicted molar refractivity (Wildman–Crippen MR) is 83.9 cm³/mol. The maximum Gasteiger partial charge on any atom is 0.183 e. The third-order valence-electron chi connectivity index (χ3n) is 4.78. The van der Waals surface area contributed by atoms with Gasteiger partial charge in [0, 0.05) is 5.56 Å². The molecule has 0 radical (unpaired) electrons. The first-order valence-electron chi connectivity index (χ1n) is 7.45. The summed E-state index contributed by atoms with van der Waals surface area (Å²) in [5.41, 5.74) is 7.24. The van der Waals surface area contributed by atoms with Gasteiger partial charge in [-0.1, -0.05) is 37.9 Å². The lowest BCUT2D eigenvalue weighted by molar-refractivity contribution is 0.310. The van der Waals surface area contributed by atoms with E-state index >= 15 is 0 Å². The van der Waals surface area contributed by atoms with E-state index in [1.807, 2.05) is 16.8 Å². The van der Waals surface area contributed by atoms with Crippen LogP contribution in [0.1, 0.15) is 39.2 Å². The van der Waals surface area contributed by atoms with E-state index in [0.29, 0.717) is 28.5 Å². The molecule has 0 saturated heterocycles. The number of nitrogen functional groups attached to an aromatic ring is 1. The lowest BCUT2D eigenvalue weighted by Gasteiger charge is -2.20. The van der Waals surface area contributed by atoms with Crippen molar-refractivity contribution in [3.05, 3.63) is 23.2 Å². The fourth-order valence-electron chi connectivity index (χ4n) is 3.46. The average molecular weight is 306 g/mol. The highest BCUT2D eigenvalue weighted by Crippen LogP contribution is 2.43. The topological polar surface area (TPSA) is 69.6 Å². The van der Waals surface area contributed by atoms with Gasteiger partial charge in [0.05, 0.1) is 16.8 Å². The molecule has 1 aliphatic rings. The SMILES string of the molecule is CCC1CCC(n2nnnc2-c2cccc(N)c2Cl)C1C. The normalized spacial score (nSPS) is 25.4. The minimum atomic E-state index is 0.331. The second kappa shape index (κ2) is 5.64. The van der Waals surface area contributed by atoms with Gasteiger partial charge in [-0.15, -0.1) is 5.10 Å². The van der Waals surface area contributed by atoms with E-state index in [2.05, 4.69) is 29.4 Å². The highest BCUT2D eigenvalue weighted by Gasteiger charge is 2.35. The zero-order chi connectivity index (χ0) is 15.0. The van der Waals surface area contributed by atoms with Crippen molar-refractivity contribution in [2.24, 2.45) is 11.8 Å². The molecule has 112 valence electrons. The van der Waals surface area contributed by atoms with E-state index in [0.717, 1.165) is 17.9 Å². The Morgan fingerprint density at radius 1 is 1.38 bits per heavy atom. The minimum Gasteiger partial charge on any atom is -0.398 e. The highest BCUT2D eigenvalue weighted by molar-refractivity contribution is 6.35. The van der Waals surface area contributed by atoms with Gasteiger partial charge in [-0.2, -0.15) is 0 Å². The Balaban J connectivity index is 2.00. The molecule has 6 heteroatoms. The van der Waals surface area contributed by atoms with Gasteiger partial charge in [-0.3, -0.25) is 0 Å². The van der Waals surface area contributed by atoms with Gasteiger partial charge in [0.15, 0.2) is 5.82 Å². The van der Waals surface area contributed by atoms with Crippen LogP contribution in [0.4, 0.5) is 5.69 Å². The summed E-state index contributed by atoms with van der Waals surface area (Å²) in [4.78, 5) is 0. The van der Waals surface area contributed by atoms with Gasteiger partial charge in [-0.05, 0) is 47.2 Å². The lowest BCUT2D eigenvalue weighted by atomic mass is 9.93.